The van der Waals surface area contributed by atoms with Gasteiger partial charge in [-0.1, -0.05) is 18.0 Å². The number of hydrogen-bond acceptors (Lipinski definition) is 5. The molecule has 4 aromatic heterocycles. The molecular weight excluding hydrogens is 430 g/mol. The molecule has 0 amide bonds. The Balaban J connectivity index is 1.62. The van der Waals surface area contributed by atoms with Gasteiger partial charge in [-0.05, 0) is 35.9 Å². The highest BCUT2D eigenvalue weighted by atomic mass is 32.2. The Hall–Kier alpha value is -3.72. The summed E-state index contributed by atoms with van der Waals surface area (Å²) < 4.78 is 34.5. The molecule has 0 aliphatic heterocycles. The summed E-state index contributed by atoms with van der Waals surface area (Å²) >= 11 is 1.38. The van der Waals surface area contributed by atoms with Crippen LogP contribution >= 0.6 is 11.9 Å². The molecule has 32 heavy (non-hydrogen) atoms. The molecule has 0 radical (unpaired) electrons. The Morgan fingerprint density at radius 1 is 0.875 bits per heavy atom. The van der Waals surface area contributed by atoms with Crippen LogP contribution in [0.2, 0.25) is 0 Å². The summed E-state index contributed by atoms with van der Waals surface area (Å²) in [6.45, 7) is 0. The topological polar surface area (TPSA) is 60.0 Å². The van der Waals surface area contributed by atoms with Crippen LogP contribution in [-0.2, 0) is 7.05 Å². The molecule has 0 atom stereocenters. The number of aromatic nitrogens is 5. The first kappa shape index (κ1) is 20.2. The van der Waals surface area contributed by atoms with E-state index in [1.165, 1.54) is 24.1 Å². The molecule has 0 aliphatic carbocycles. The van der Waals surface area contributed by atoms with Crippen LogP contribution in [0.1, 0.15) is 0 Å². The van der Waals surface area contributed by atoms with Gasteiger partial charge < -0.3 is 4.72 Å². The van der Waals surface area contributed by atoms with Gasteiger partial charge in [0.15, 0.2) is 0 Å². The number of halogens is 2. The summed E-state index contributed by atoms with van der Waals surface area (Å²) in [5, 5.41) is 8.74. The summed E-state index contributed by atoms with van der Waals surface area (Å²) in [5.41, 5.74) is 5.21. The van der Waals surface area contributed by atoms with Crippen molar-refractivity contribution in [3.05, 3.63) is 78.9 Å². The molecule has 0 unspecified atom stereocenters. The number of anilines is 1. The molecule has 0 saturated carbocycles. The summed E-state index contributed by atoms with van der Waals surface area (Å²) in [6, 6.07) is 11.2. The molecule has 0 aliphatic rings. The fourth-order valence-corrected chi connectivity index (χ4v) is 3.94. The van der Waals surface area contributed by atoms with Gasteiger partial charge in [0, 0.05) is 54.0 Å². The maximum atomic E-state index is 14.5. The molecule has 5 rings (SSSR count). The van der Waals surface area contributed by atoms with Crippen molar-refractivity contribution in [3.8, 4) is 33.5 Å². The van der Waals surface area contributed by atoms with E-state index in [1.54, 1.807) is 27.7 Å². The third-order valence-electron chi connectivity index (χ3n) is 5.10. The second-order valence-electron chi connectivity index (χ2n) is 7.27. The number of nitrogens with one attached hydrogen (secondary N) is 1. The van der Waals surface area contributed by atoms with Crippen molar-refractivity contribution >= 4 is 23.3 Å². The van der Waals surface area contributed by atoms with E-state index < -0.39 is 11.6 Å². The van der Waals surface area contributed by atoms with E-state index >= 15 is 0 Å². The molecule has 1 N–H and O–H groups in total. The van der Waals surface area contributed by atoms with Crippen LogP contribution < -0.4 is 4.72 Å². The lowest BCUT2D eigenvalue weighted by atomic mass is 10.0. The maximum Gasteiger partial charge on any atom is 0.137 e. The number of hydrogen-bond donors (Lipinski definition) is 1. The summed E-state index contributed by atoms with van der Waals surface area (Å²) in [6.07, 6.45) is 9.34. The largest absolute Gasteiger partial charge is 0.315 e. The van der Waals surface area contributed by atoms with Crippen LogP contribution in [0.25, 0.3) is 39.0 Å². The van der Waals surface area contributed by atoms with E-state index in [-0.39, 0.29) is 5.56 Å². The highest BCUT2D eigenvalue weighted by molar-refractivity contribution is 7.99. The van der Waals surface area contributed by atoms with Gasteiger partial charge >= 0.3 is 0 Å². The first-order valence-corrected chi connectivity index (χ1v) is 11.0. The lowest BCUT2D eigenvalue weighted by Gasteiger charge is -2.10. The fraction of sp³-hybridized carbons (Fsp3) is 0.0870. The molecule has 0 fully saturated rings. The van der Waals surface area contributed by atoms with Gasteiger partial charge in [0.25, 0.3) is 0 Å². The molecule has 0 bridgehead atoms. The van der Waals surface area contributed by atoms with Gasteiger partial charge in [-0.15, -0.1) is 0 Å². The first-order valence-electron chi connectivity index (χ1n) is 9.75. The average Bonchev–Trinajstić information content (AvgIpc) is 3.39. The van der Waals surface area contributed by atoms with Gasteiger partial charge in [0.05, 0.1) is 23.6 Å². The highest BCUT2D eigenvalue weighted by Crippen LogP contribution is 2.33. The Kier molecular flexibility index (Phi) is 5.10. The van der Waals surface area contributed by atoms with Crippen LogP contribution in [0.15, 0.2) is 67.3 Å². The molecular formula is C23H18F2N6S. The van der Waals surface area contributed by atoms with E-state index in [2.05, 4.69) is 19.9 Å². The number of rotatable bonds is 5. The third kappa shape index (κ3) is 3.71. The fourth-order valence-electron chi connectivity index (χ4n) is 3.63. The van der Waals surface area contributed by atoms with Crippen molar-refractivity contribution in [2.45, 2.75) is 0 Å². The Bertz CT molecular complexity index is 1440. The minimum atomic E-state index is -0.661. The second kappa shape index (κ2) is 8.08. The zero-order chi connectivity index (χ0) is 22.2. The molecule has 4 heterocycles. The van der Waals surface area contributed by atoms with Crippen molar-refractivity contribution in [1.29, 1.82) is 0 Å². The molecule has 1 aromatic carbocycles. The number of pyridine rings is 2. The lowest BCUT2D eigenvalue weighted by Crippen LogP contribution is -1.96. The molecule has 0 spiro atoms. The van der Waals surface area contributed by atoms with Gasteiger partial charge in [-0.2, -0.15) is 10.2 Å². The van der Waals surface area contributed by atoms with Gasteiger partial charge in [-0.25, -0.2) is 18.3 Å². The normalized spacial score (nSPS) is 11.2. The van der Waals surface area contributed by atoms with Crippen molar-refractivity contribution < 1.29 is 8.78 Å². The molecule has 160 valence electrons. The van der Waals surface area contributed by atoms with E-state index in [9.17, 15) is 8.78 Å². The van der Waals surface area contributed by atoms with Crippen LogP contribution in [0.5, 0.6) is 0 Å². The average molecular weight is 449 g/mol. The predicted molar refractivity (Wildman–Crippen MR) is 123 cm³/mol. The smallest absolute Gasteiger partial charge is 0.137 e. The Labute approximate surface area is 187 Å². The molecule has 9 heteroatoms. The first-order chi connectivity index (χ1) is 15.5. The Morgan fingerprint density at radius 2 is 1.75 bits per heavy atom. The number of benzene rings is 1. The van der Waals surface area contributed by atoms with E-state index in [0.717, 1.165) is 33.8 Å². The van der Waals surface area contributed by atoms with Gasteiger partial charge in [0.2, 0.25) is 0 Å². The summed E-state index contributed by atoms with van der Waals surface area (Å²) in [5.74, 6) is -0.720. The predicted octanol–water partition coefficient (Wildman–Crippen LogP) is 5.43. The molecule has 0 saturated heterocycles. The van der Waals surface area contributed by atoms with E-state index in [0.29, 0.717) is 11.5 Å². The van der Waals surface area contributed by atoms with Crippen molar-refractivity contribution in [1.82, 2.24) is 24.4 Å². The minimum Gasteiger partial charge on any atom is -0.315 e. The SMILES string of the molecule is CSNc1cc(-c2cnn3cc(-c4cnn(C)c4)ccc23)cc(-c2ccc(F)cc2F)n1. The molecule has 5 aromatic rings. The summed E-state index contributed by atoms with van der Waals surface area (Å²) in [7, 11) is 1.87. The van der Waals surface area contributed by atoms with E-state index in [4.69, 9.17) is 0 Å². The van der Waals surface area contributed by atoms with Crippen LogP contribution in [0, 0.1) is 11.6 Å². The maximum absolute atomic E-state index is 14.5. The zero-order valence-corrected chi connectivity index (χ0v) is 18.1. The zero-order valence-electron chi connectivity index (χ0n) is 17.3. The van der Waals surface area contributed by atoms with Crippen LogP contribution in [-0.4, -0.2) is 30.6 Å². The number of fused-ring (bicyclic) bond motifs is 1. The van der Waals surface area contributed by atoms with Crippen molar-refractivity contribution in [2.75, 3.05) is 11.0 Å². The van der Waals surface area contributed by atoms with Crippen LogP contribution in [0.3, 0.4) is 0 Å². The van der Waals surface area contributed by atoms with E-state index in [1.807, 2.05) is 43.9 Å². The molecule has 6 nitrogen and oxygen atoms in total. The number of nitrogens with zero attached hydrogens (tertiary/aromatic N) is 5. The number of aryl methyl sites for hydroxylation is 1. The van der Waals surface area contributed by atoms with Crippen molar-refractivity contribution in [3.63, 3.8) is 0 Å². The van der Waals surface area contributed by atoms with Gasteiger partial charge in [-0.3, -0.25) is 4.68 Å². The highest BCUT2D eigenvalue weighted by Gasteiger charge is 2.15. The second-order valence-corrected chi connectivity index (χ2v) is 7.88. The monoisotopic (exact) mass is 448 g/mol. The third-order valence-corrected chi connectivity index (χ3v) is 5.52. The van der Waals surface area contributed by atoms with Crippen molar-refractivity contribution in [2.24, 2.45) is 7.05 Å². The quantitative estimate of drug-likeness (QED) is 0.363. The van der Waals surface area contributed by atoms with Gasteiger partial charge in [0.1, 0.15) is 17.5 Å². The minimum absolute atomic E-state index is 0.229. The van der Waals surface area contributed by atoms with Crippen LogP contribution in [0.4, 0.5) is 14.6 Å². The lowest BCUT2D eigenvalue weighted by molar-refractivity contribution is 0.585. The summed E-state index contributed by atoms with van der Waals surface area (Å²) in [4.78, 5) is 4.50. The Morgan fingerprint density at radius 3 is 2.50 bits per heavy atom. The standard InChI is InChI=1S/C23H18F2N6S/c1-30-12-16(10-26-30)14-3-6-22-19(11-27-31(22)13-14)15-7-21(28-23(8-15)29-32-2)18-5-4-17(24)9-20(18)25/h3-13H,1-2H3,(H,28,29).